The van der Waals surface area contributed by atoms with Crippen molar-refractivity contribution in [3.63, 3.8) is 0 Å². The number of aryl methyl sites for hydroxylation is 2. The molecule has 6 fully saturated rings. The summed E-state index contributed by atoms with van der Waals surface area (Å²) in [6, 6.07) is 5.20. The zero-order valence-corrected chi connectivity index (χ0v) is 23.2. The molecule has 6 aliphatic rings. The van der Waals surface area contributed by atoms with Crippen molar-refractivity contribution in [3.8, 4) is 0 Å². The van der Waals surface area contributed by atoms with E-state index in [1.807, 2.05) is 18.2 Å². The molecule has 1 atom stereocenters. The van der Waals surface area contributed by atoms with Crippen LogP contribution in [0.5, 0.6) is 0 Å². The molecule has 2 amide bonds. The maximum absolute atomic E-state index is 13.7. The van der Waals surface area contributed by atoms with Crippen molar-refractivity contribution in [1.82, 2.24) is 24.7 Å². The molecule has 1 N–H and O–H groups in total. The second kappa shape index (κ2) is 9.81. The molecule has 0 spiro atoms. The van der Waals surface area contributed by atoms with E-state index in [9.17, 15) is 14.4 Å². The first-order valence-electron chi connectivity index (χ1n) is 15.2. The highest BCUT2D eigenvalue weighted by Crippen LogP contribution is 2.57. The molecule has 4 bridgehead atoms. The van der Waals surface area contributed by atoms with Crippen molar-refractivity contribution in [2.24, 2.45) is 17.8 Å². The minimum Gasteiger partial charge on any atom is -0.301 e. The normalized spacial score (nSPS) is 33.2. The van der Waals surface area contributed by atoms with Gasteiger partial charge in [-0.05, 0) is 101 Å². The first-order valence-corrected chi connectivity index (χ1v) is 15.2. The van der Waals surface area contributed by atoms with Gasteiger partial charge in [-0.25, -0.2) is 4.98 Å². The second-order valence-electron chi connectivity index (χ2n) is 13.2. The van der Waals surface area contributed by atoms with Gasteiger partial charge < -0.3 is 4.90 Å². The summed E-state index contributed by atoms with van der Waals surface area (Å²) in [5, 5.41) is 2.99. The van der Waals surface area contributed by atoms with Crippen LogP contribution in [0.25, 0.3) is 10.9 Å². The van der Waals surface area contributed by atoms with Crippen LogP contribution in [0.1, 0.15) is 75.2 Å². The van der Waals surface area contributed by atoms with E-state index in [1.54, 1.807) is 6.92 Å². The van der Waals surface area contributed by atoms with E-state index in [0.29, 0.717) is 28.7 Å². The predicted octanol–water partition coefficient (Wildman–Crippen LogP) is 3.20. The number of hydrogen-bond acceptors (Lipinski definition) is 6. The molecule has 8 nitrogen and oxygen atoms in total. The van der Waals surface area contributed by atoms with Gasteiger partial charge in [0.1, 0.15) is 11.9 Å². The monoisotopic (exact) mass is 531 g/mol. The largest absolute Gasteiger partial charge is 0.301 e. The Bertz CT molecular complexity index is 1320. The van der Waals surface area contributed by atoms with Gasteiger partial charge in [0.05, 0.1) is 10.9 Å². The van der Waals surface area contributed by atoms with E-state index in [2.05, 4.69) is 15.1 Å². The molecule has 0 radical (unpaired) electrons. The number of fused-ring (bicyclic) bond motifs is 1. The lowest BCUT2D eigenvalue weighted by molar-refractivity contribution is -0.135. The fraction of sp³-hybridized carbons (Fsp3) is 0.677. The summed E-state index contributed by atoms with van der Waals surface area (Å²) < 4.78 is 1.50. The van der Waals surface area contributed by atoms with Crippen LogP contribution >= 0.6 is 0 Å². The third-order valence-corrected chi connectivity index (χ3v) is 10.7. The van der Waals surface area contributed by atoms with Crippen LogP contribution in [-0.2, 0) is 16.0 Å². The number of benzene rings is 1. The first kappa shape index (κ1) is 25.4. The van der Waals surface area contributed by atoms with Gasteiger partial charge in [-0.3, -0.25) is 29.2 Å². The molecule has 39 heavy (non-hydrogen) atoms. The van der Waals surface area contributed by atoms with Crippen molar-refractivity contribution in [2.45, 2.75) is 82.7 Å². The van der Waals surface area contributed by atoms with E-state index in [0.717, 1.165) is 55.8 Å². The molecular formula is C31H41N5O3. The topological polar surface area (TPSA) is 87.5 Å². The molecule has 1 aromatic heterocycles. The van der Waals surface area contributed by atoms with Crippen molar-refractivity contribution in [1.29, 1.82) is 0 Å². The summed E-state index contributed by atoms with van der Waals surface area (Å²) in [4.78, 5) is 48.1. The number of hydrogen-bond donors (Lipinski definition) is 1. The van der Waals surface area contributed by atoms with Crippen LogP contribution < -0.4 is 10.9 Å². The molecule has 208 valence electrons. The third-order valence-electron chi connectivity index (χ3n) is 10.7. The number of piperazine rings is 1. The number of nitrogens with one attached hydrogen (secondary N) is 1. The molecule has 3 heterocycles. The number of nitrogens with zero attached hydrogens (tertiary/aromatic N) is 4. The number of carbonyl (C=O) groups excluding carboxylic acids is 2. The molecule has 2 aliphatic heterocycles. The maximum Gasteiger partial charge on any atom is 0.262 e. The van der Waals surface area contributed by atoms with E-state index in [4.69, 9.17) is 4.98 Å². The van der Waals surface area contributed by atoms with Crippen LogP contribution in [0, 0.1) is 24.7 Å². The molecule has 2 aromatic rings. The number of aromatic nitrogens is 2. The number of carbonyl (C=O) groups is 2. The van der Waals surface area contributed by atoms with Gasteiger partial charge in [-0.15, -0.1) is 0 Å². The molecular weight excluding hydrogens is 490 g/mol. The molecule has 8 heteroatoms. The third kappa shape index (κ3) is 4.53. The van der Waals surface area contributed by atoms with Crippen molar-refractivity contribution >= 4 is 22.7 Å². The van der Waals surface area contributed by atoms with E-state index < -0.39 is 11.9 Å². The number of rotatable bonds is 6. The molecule has 2 saturated heterocycles. The van der Waals surface area contributed by atoms with Crippen LogP contribution in [0.2, 0.25) is 0 Å². The molecule has 4 aliphatic carbocycles. The Labute approximate surface area is 230 Å². The molecule has 1 unspecified atom stereocenters. The quantitative estimate of drug-likeness (QED) is 0.576. The first-order chi connectivity index (χ1) is 18.9. The van der Waals surface area contributed by atoms with Crippen molar-refractivity contribution in [3.05, 3.63) is 39.9 Å². The maximum atomic E-state index is 13.7. The summed E-state index contributed by atoms with van der Waals surface area (Å²) in [7, 11) is 0. The Morgan fingerprint density at radius 2 is 1.67 bits per heavy atom. The summed E-state index contributed by atoms with van der Waals surface area (Å²) in [6.45, 7) is 7.47. The minimum absolute atomic E-state index is 0.174. The Morgan fingerprint density at radius 1 is 0.974 bits per heavy atom. The van der Waals surface area contributed by atoms with Gasteiger partial charge in [0.15, 0.2) is 0 Å². The van der Waals surface area contributed by atoms with E-state index in [1.165, 1.54) is 56.2 Å². The highest BCUT2D eigenvalue weighted by Gasteiger charge is 2.53. The SMILES string of the molecule is Cc1nc2cccc(CCCN3CCN(C45CC6CC(CC(C6)C4)C5)CC3)c2c(=O)n1C1CCC(=O)NC1=O. The Hall–Kier alpha value is -2.58. The Balaban J connectivity index is 1.01. The zero-order chi connectivity index (χ0) is 26.7. The van der Waals surface area contributed by atoms with E-state index >= 15 is 0 Å². The lowest BCUT2D eigenvalue weighted by Gasteiger charge is -2.61. The highest BCUT2D eigenvalue weighted by molar-refractivity contribution is 5.99. The van der Waals surface area contributed by atoms with Gasteiger partial charge >= 0.3 is 0 Å². The number of piperidine rings is 1. The van der Waals surface area contributed by atoms with Crippen molar-refractivity contribution in [2.75, 3.05) is 32.7 Å². The fourth-order valence-electron chi connectivity index (χ4n) is 9.32. The smallest absolute Gasteiger partial charge is 0.262 e. The van der Waals surface area contributed by atoms with Gasteiger partial charge in [0.25, 0.3) is 5.56 Å². The fourth-order valence-corrected chi connectivity index (χ4v) is 9.32. The van der Waals surface area contributed by atoms with Crippen LogP contribution in [0.3, 0.4) is 0 Å². The lowest BCUT2D eigenvalue weighted by atomic mass is 9.52. The molecule has 1 aromatic carbocycles. The van der Waals surface area contributed by atoms with Crippen LogP contribution in [0.4, 0.5) is 0 Å². The zero-order valence-electron chi connectivity index (χ0n) is 23.2. The summed E-state index contributed by atoms with van der Waals surface area (Å²) in [5.41, 5.74) is 2.02. The summed E-state index contributed by atoms with van der Waals surface area (Å²) >= 11 is 0. The minimum atomic E-state index is -0.689. The molecule has 4 saturated carbocycles. The summed E-state index contributed by atoms with van der Waals surface area (Å²) in [5.74, 6) is 2.79. The second-order valence-corrected chi connectivity index (χ2v) is 13.2. The Kier molecular flexibility index (Phi) is 6.38. The Morgan fingerprint density at radius 3 is 2.33 bits per heavy atom. The van der Waals surface area contributed by atoms with Crippen molar-refractivity contribution < 1.29 is 9.59 Å². The molecule has 8 rings (SSSR count). The summed E-state index contributed by atoms with van der Waals surface area (Å²) in [6.07, 6.45) is 11.2. The van der Waals surface area contributed by atoms with Crippen LogP contribution in [-0.4, -0.2) is 69.4 Å². The average molecular weight is 532 g/mol. The predicted molar refractivity (Wildman–Crippen MR) is 149 cm³/mol. The van der Waals surface area contributed by atoms with Gasteiger partial charge in [-0.2, -0.15) is 0 Å². The van der Waals surface area contributed by atoms with Gasteiger partial charge in [0.2, 0.25) is 11.8 Å². The van der Waals surface area contributed by atoms with Crippen LogP contribution in [0.15, 0.2) is 23.0 Å². The number of amides is 2. The lowest BCUT2D eigenvalue weighted by Crippen LogP contribution is -2.63. The highest BCUT2D eigenvalue weighted by atomic mass is 16.2. The number of imide groups is 1. The average Bonchev–Trinajstić information content (AvgIpc) is 2.89. The van der Waals surface area contributed by atoms with E-state index in [-0.39, 0.29) is 17.9 Å². The van der Waals surface area contributed by atoms with Gasteiger partial charge in [-0.1, -0.05) is 12.1 Å². The van der Waals surface area contributed by atoms with Gasteiger partial charge in [0, 0.05) is 38.1 Å². The standard InChI is InChI=1S/C31H41N5O3/c1-20-32-25-6-2-4-24(28(25)30(39)36(20)26-7-8-27(37)33-29(26)38)5-3-9-34-10-12-35(13-11-34)31-17-21-14-22(18-31)16-23(15-21)19-31/h2,4,6,21-23,26H,3,5,7-19H2,1H3,(H,33,37,38).